The molecule has 104 valence electrons. The van der Waals surface area contributed by atoms with Crippen LogP contribution in [0.1, 0.15) is 50.0 Å². The second-order valence-corrected chi connectivity index (χ2v) is 6.78. The summed E-state index contributed by atoms with van der Waals surface area (Å²) in [5.41, 5.74) is 5.71. The van der Waals surface area contributed by atoms with E-state index in [0.29, 0.717) is 0 Å². The number of nitrogens with two attached hydrogens (primary N) is 1. The summed E-state index contributed by atoms with van der Waals surface area (Å²) in [7, 11) is 0. The van der Waals surface area contributed by atoms with Gasteiger partial charge in [-0.3, -0.25) is 4.79 Å². The van der Waals surface area contributed by atoms with Crippen LogP contribution in [0.3, 0.4) is 0 Å². The molecular weight excluding hydrogens is 258 g/mol. The van der Waals surface area contributed by atoms with E-state index >= 15 is 0 Å². The van der Waals surface area contributed by atoms with Gasteiger partial charge in [0.05, 0.1) is 5.54 Å². The van der Waals surface area contributed by atoms with Gasteiger partial charge >= 0.3 is 0 Å². The Morgan fingerprint density at radius 2 is 2.21 bits per heavy atom. The smallest absolute Gasteiger partial charge is 0.223 e. The monoisotopic (exact) mass is 279 g/mol. The third kappa shape index (κ3) is 2.54. The molecule has 1 amide bonds. The van der Waals surface area contributed by atoms with E-state index in [1.54, 1.807) is 11.3 Å². The summed E-state index contributed by atoms with van der Waals surface area (Å²) in [4.78, 5) is 16.9. The highest BCUT2D eigenvalue weighted by Gasteiger charge is 2.41. The molecule has 2 saturated carbocycles. The molecule has 1 heterocycles. The number of carbonyl (C=O) groups is 1. The number of rotatable bonds is 3. The Labute approximate surface area is 117 Å². The molecule has 3 N–H and O–H groups in total. The lowest BCUT2D eigenvalue weighted by molar-refractivity contribution is -0.127. The Bertz CT molecular complexity index is 440. The lowest BCUT2D eigenvalue weighted by Gasteiger charge is -2.29. The van der Waals surface area contributed by atoms with Gasteiger partial charge in [0.1, 0.15) is 5.01 Å². The van der Waals surface area contributed by atoms with Crippen molar-refractivity contribution in [2.45, 2.75) is 56.5 Å². The number of nitrogens with one attached hydrogen (secondary N) is 1. The molecule has 0 saturated heterocycles. The Balaban J connectivity index is 1.74. The van der Waals surface area contributed by atoms with E-state index in [2.05, 4.69) is 10.3 Å². The topological polar surface area (TPSA) is 68.0 Å². The second kappa shape index (κ2) is 5.21. The van der Waals surface area contributed by atoms with E-state index in [4.69, 9.17) is 5.73 Å². The van der Waals surface area contributed by atoms with E-state index in [1.165, 1.54) is 12.8 Å². The molecule has 1 aromatic heterocycles. The first kappa shape index (κ1) is 13.1. The average molecular weight is 279 g/mol. The molecule has 0 aliphatic heterocycles. The fourth-order valence-electron chi connectivity index (χ4n) is 3.42. The van der Waals surface area contributed by atoms with E-state index in [1.807, 2.05) is 11.6 Å². The number of amides is 1. The fourth-order valence-corrected chi connectivity index (χ4v) is 4.28. The molecule has 0 radical (unpaired) electrons. The van der Waals surface area contributed by atoms with Crippen LogP contribution in [0.4, 0.5) is 0 Å². The summed E-state index contributed by atoms with van der Waals surface area (Å²) in [6, 6.07) is 0.204. The lowest BCUT2D eigenvalue weighted by atomic mass is 9.96. The average Bonchev–Trinajstić information content (AvgIpc) is 3.08. The molecule has 19 heavy (non-hydrogen) atoms. The van der Waals surface area contributed by atoms with Gasteiger partial charge in [-0.15, -0.1) is 11.3 Å². The number of aromatic nitrogens is 1. The third-order valence-corrected chi connectivity index (χ3v) is 5.48. The molecule has 5 heteroatoms. The Kier molecular flexibility index (Phi) is 3.58. The molecule has 2 aliphatic carbocycles. The molecule has 3 rings (SSSR count). The largest absolute Gasteiger partial charge is 0.344 e. The predicted octanol–water partition coefficient (Wildman–Crippen LogP) is 2.16. The molecule has 0 aromatic carbocycles. The highest BCUT2D eigenvalue weighted by atomic mass is 32.1. The minimum atomic E-state index is -0.196. The first-order valence-electron chi connectivity index (χ1n) is 7.17. The van der Waals surface area contributed by atoms with Crippen molar-refractivity contribution in [3.63, 3.8) is 0 Å². The summed E-state index contributed by atoms with van der Waals surface area (Å²) < 4.78 is 0. The molecule has 2 unspecified atom stereocenters. The van der Waals surface area contributed by atoms with Gasteiger partial charge in [0.2, 0.25) is 5.91 Å². The van der Waals surface area contributed by atoms with E-state index in [-0.39, 0.29) is 23.4 Å². The van der Waals surface area contributed by atoms with Crippen LogP contribution in [-0.2, 0) is 10.3 Å². The summed E-state index contributed by atoms with van der Waals surface area (Å²) >= 11 is 1.65. The maximum Gasteiger partial charge on any atom is 0.223 e. The number of thiazole rings is 1. The van der Waals surface area contributed by atoms with Crippen LogP contribution in [0.5, 0.6) is 0 Å². The van der Waals surface area contributed by atoms with Gasteiger partial charge in [0, 0.05) is 23.5 Å². The van der Waals surface area contributed by atoms with Crippen molar-refractivity contribution < 1.29 is 4.79 Å². The van der Waals surface area contributed by atoms with E-state index < -0.39 is 0 Å². The fraction of sp³-hybridized carbons (Fsp3) is 0.714. The molecule has 0 bridgehead atoms. The Morgan fingerprint density at radius 1 is 1.42 bits per heavy atom. The van der Waals surface area contributed by atoms with Gasteiger partial charge in [0.15, 0.2) is 0 Å². The maximum absolute atomic E-state index is 12.5. The van der Waals surface area contributed by atoms with Crippen LogP contribution in [0.2, 0.25) is 0 Å². The molecule has 0 spiro atoms. The van der Waals surface area contributed by atoms with Crippen LogP contribution < -0.4 is 11.1 Å². The molecule has 1 aromatic rings. The number of hydrogen-bond acceptors (Lipinski definition) is 4. The third-order valence-electron chi connectivity index (χ3n) is 4.51. The van der Waals surface area contributed by atoms with Crippen molar-refractivity contribution in [2.24, 2.45) is 11.7 Å². The minimum absolute atomic E-state index is 0.104. The van der Waals surface area contributed by atoms with E-state index in [9.17, 15) is 4.79 Å². The van der Waals surface area contributed by atoms with Gasteiger partial charge in [-0.2, -0.15) is 0 Å². The van der Waals surface area contributed by atoms with Gasteiger partial charge in [-0.25, -0.2) is 4.98 Å². The number of hydrogen-bond donors (Lipinski definition) is 2. The van der Waals surface area contributed by atoms with Gasteiger partial charge in [0.25, 0.3) is 0 Å². The molecular formula is C14H21N3OS. The second-order valence-electron chi connectivity index (χ2n) is 5.89. The summed E-state index contributed by atoms with van der Waals surface area (Å²) in [5, 5.41) is 6.37. The van der Waals surface area contributed by atoms with Crippen molar-refractivity contribution in [3.05, 3.63) is 16.6 Å². The molecule has 2 aliphatic rings. The quantitative estimate of drug-likeness (QED) is 0.891. The van der Waals surface area contributed by atoms with Crippen molar-refractivity contribution in [1.82, 2.24) is 10.3 Å². The van der Waals surface area contributed by atoms with Crippen molar-refractivity contribution >= 4 is 17.2 Å². The van der Waals surface area contributed by atoms with Crippen LogP contribution in [-0.4, -0.2) is 16.9 Å². The normalized spacial score (nSPS) is 29.5. The Morgan fingerprint density at radius 3 is 2.79 bits per heavy atom. The number of nitrogens with zero attached hydrogens (tertiary/aromatic N) is 1. The predicted molar refractivity (Wildman–Crippen MR) is 75.7 cm³/mol. The van der Waals surface area contributed by atoms with Crippen LogP contribution >= 0.6 is 11.3 Å². The van der Waals surface area contributed by atoms with Crippen molar-refractivity contribution in [2.75, 3.05) is 0 Å². The SMILES string of the molecule is NC1CCC(C(=O)NC2(c3nccs3)CCCC2)C1. The van der Waals surface area contributed by atoms with Crippen molar-refractivity contribution in [1.29, 1.82) is 0 Å². The zero-order valence-electron chi connectivity index (χ0n) is 11.1. The van der Waals surface area contributed by atoms with Gasteiger partial charge < -0.3 is 11.1 Å². The van der Waals surface area contributed by atoms with Gasteiger partial charge in [-0.1, -0.05) is 12.8 Å². The van der Waals surface area contributed by atoms with Crippen molar-refractivity contribution in [3.8, 4) is 0 Å². The minimum Gasteiger partial charge on any atom is -0.344 e. The standard InChI is InChI=1S/C14H21N3OS/c15-11-4-3-10(9-11)12(18)17-14(5-1-2-6-14)13-16-7-8-19-13/h7-8,10-11H,1-6,9,15H2,(H,17,18). The Hall–Kier alpha value is -0.940. The lowest BCUT2D eigenvalue weighted by Crippen LogP contribution is -2.46. The molecule has 4 nitrogen and oxygen atoms in total. The molecule has 2 fully saturated rings. The van der Waals surface area contributed by atoms with Crippen LogP contribution in [0, 0.1) is 5.92 Å². The summed E-state index contributed by atoms with van der Waals surface area (Å²) in [6.45, 7) is 0. The highest BCUT2D eigenvalue weighted by Crippen LogP contribution is 2.40. The van der Waals surface area contributed by atoms with Crippen LogP contribution in [0.15, 0.2) is 11.6 Å². The zero-order chi connectivity index (χ0) is 13.3. The zero-order valence-corrected chi connectivity index (χ0v) is 11.9. The van der Waals surface area contributed by atoms with E-state index in [0.717, 1.165) is 37.1 Å². The van der Waals surface area contributed by atoms with Crippen LogP contribution in [0.25, 0.3) is 0 Å². The van der Waals surface area contributed by atoms with Gasteiger partial charge in [-0.05, 0) is 32.1 Å². The molecule has 2 atom stereocenters. The first-order valence-corrected chi connectivity index (χ1v) is 8.05. The number of carbonyl (C=O) groups excluding carboxylic acids is 1. The first-order chi connectivity index (χ1) is 9.20. The maximum atomic E-state index is 12.5. The summed E-state index contributed by atoms with van der Waals surface area (Å²) in [6.07, 6.45) is 8.95. The highest BCUT2D eigenvalue weighted by molar-refractivity contribution is 7.09. The summed E-state index contributed by atoms with van der Waals surface area (Å²) in [5.74, 6) is 0.289.